The number of nitrogens with zero attached hydrogens (tertiary/aromatic N) is 3. The molecule has 0 saturated heterocycles. The van der Waals surface area contributed by atoms with Crippen molar-refractivity contribution in [3.63, 3.8) is 0 Å². The maximum atomic E-state index is 11.1. The lowest BCUT2D eigenvalue weighted by atomic mass is 10.3. The van der Waals surface area contributed by atoms with Crippen molar-refractivity contribution in [3.8, 4) is 11.5 Å². The molecule has 0 saturated carbocycles. The Morgan fingerprint density at radius 2 is 1.24 bits per heavy atom. The Hall–Kier alpha value is -3.20. The monoisotopic (exact) mass is 403 g/mol. The summed E-state index contributed by atoms with van der Waals surface area (Å²) in [5.74, 6) is 0.480. The number of benzene rings is 2. The Morgan fingerprint density at radius 1 is 0.793 bits per heavy atom. The fourth-order valence-corrected chi connectivity index (χ4v) is 2.75. The van der Waals surface area contributed by atoms with Crippen LogP contribution in [0.5, 0.6) is 11.5 Å². The van der Waals surface area contributed by atoms with Gasteiger partial charge in [0.25, 0.3) is 0 Å². The van der Waals surface area contributed by atoms with Crippen LogP contribution >= 0.6 is 0 Å². The molecular weight excluding hydrogens is 378 g/mol. The van der Waals surface area contributed by atoms with Gasteiger partial charge in [0.1, 0.15) is 13.2 Å². The second kappa shape index (κ2) is 11.6. The quantitative estimate of drug-likeness (QED) is 0.366. The van der Waals surface area contributed by atoms with Crippen LogP contribution in [0, 0.1) is 20.2 Å². The van der Waals surface area contributed by atoms with Gasteiger partial charge in [0.15, 0.2) is 11.5 Å². The molecule has 2 aromatic carbocycles. The van der Waals surface area contributed by atoms with Gasteiger partial charge in [-0.05, 0) is 25.1 Å². The van der Waals surface area contributed by atoms with Crippen molar-refractivity contribution in [1.82, 2.24) is 4.90 Å². The predicted molar refractivity (Wildman–Crippen MR) is 109 cm³/mol. The molecule has 0 aliphatic heterocycles. The van der Waals surface area contributed by atoms with Crippen LogP contribution in [0.4, 0.5) is 11.4 Å². The molecule has 9 nitrogen and oxygen atoms in total. The summed E-state index contributed by atoms with van der Waals surface area (Å²) < 4.78 is 11.2. The van der Waals surface area contributed by atoms with Gasteiger partial charge < -0.3 is 9.47 Å². The summed E-state index contributed by atoms with van der Waals surface area (Å²) in [6.45, 7) is 4.61. The highest BCUT2D eigenvalue weighted by molar-refractivity contribution is 5.46. The third kappa shape index (κ3) is 7.04. The van der Waals surface area contributed by atoms with Crippen LogP contribution in [0.3, 0.4) is 0 Å². The number of para-hydroxylation sites is 4. The summed E-state index contributed by atoms with van der Waals surface area (Å²) in [6.07, 6.45) is 2.00. The van der Waals surface area contributed by atoms with Crippen LogP contribution in [0.25, 0.3) is 0 Å². The van der Waals surface area contributed by atoms with Crippen LogP contribution in [0.15, 0.2) is 48.5 Å². The summed E-state index contributed by atoms with van der Waals surface area (Å²) in [4.78, 5) is 23.3. The Kier molecular flexibility index (Phi) is 8.84. The molecule has 0 atom stereocenters. The average Bonchev–Trinajstić information content (AvgIpc) is 2.72. The molecule has 0 amide bonds. The highest BCUT2D eigenvalue weighted by atomic mass is 16.6. The molecule has 2 aromatic rings. The van der Waals surface area contributed by atoms with Gasteiger partial charge >= 0.3 is 11.4 Å². The highest BCUT2D eigenvalue weighted by Gasteiger charge is 2.15. The van der Waals surface area contributed by atoms with Gasteiger partial charge in [-0.1, -0.05) is 37.6 Å². The van der Waals surface area contributed by atoms with Gasteiger partial charge in [-0.15, -0.1) is 0 Å². The third-order valence-corrected chi connectivity index (χ3v) is 4.28. The standard InChI is InChI=1S/C20H25N3O6/c1-2-3-12-21(13-15-28-19-10-6-4-8-17(19)22(24)25)14-16-29-20-11-7-5-9-18(20)23(26)27/h4-11H,2-3,12-16H2,1H3. The first-order valence-electron chi connectivity index (χ1n) is 9.47. The zero-order valence-electron chi connectivity index (χ0n) is 16.4. The molecule has 0 heterocycles. The molecule has 9 heteroatoms. The number of hydrogen-bond acceptors (Lipinski definition) is 7. The molecule has 0 aliphatic carbocycles. The number of nitro groups is 2. The highest BCUT2D eigenvalue weighted by Crippen LogP contribution is 2.26. The van der Waals surface area contributed by atoms with E-state index in [1.54, 1.807) is 36.4 Å². The third-order valence-electron chi connectivity index (χ3n) is 4.28. The summed E-state index contributed by atoms with van der Waals surface area (Å²) >= 11 is 0. The van der Waals surface area contributed by atoms with E-state index in [-0.39, 0.29) is 22.9 Å². The molecule has 29 heavy (non-hydrogen) atoms. The Balaban J connectivity index is 1.88. The molecule has 156 valence electrons. The minimum absolute atomic E-state index is 0.0627. The summed E-state index contributed by atoms with van der Waals surface area (Å²) in [5, 5.41) is 22.1. The van der Waals surface area contributed by atoms with E-state index in [0.717, 1.165) is 19.4 Å². The predicted octanol–water partition coefficient (Wildman–Crippen LogP) is 4.06. The van der Waals surface area contributed by atoms with E-state index in [0.29, 0.717) is 26.3 Å². The van der Waals surface area contributed by atoms with E-state index < -0.39 is 9.85 Å². The van der Waals surface area contributed by atoms with Crippen molar-refractivity contribution >= 4 is 11.4 Å². The first-order chi connectivity index (χ1) is 14.0. The Labute approximate surface area is 169 Å². The maximum absolute atomic E-state index is 11.1. The fourth-order valence-electron chi connectivity index (χ4n) is 2.75. The zero-order chi connectivity index (χ0) is 21.1. The minimum atomic E-state index is -0.467. The number of ether oxygens (including phenoxy) is 2. The fraction of sp³-hybridized carbons (Fsp3) is 0.400. The second-order valence-corrected chi connectivity index (χ2v) is 6.34. The molecule has 0 N–H and O–H groups in total. The number of hydrogen-bond donors (Lipinski definition) is 0. The topological polar surface area (TPSA) is 108 Å². The minimum Gasteiger partial charge on any atom is -0.485 e. The van der Waals surface area contributed by atoms with Crippen molar-refractivity contribution in [1.29, 1.82) is 0 Å². The summed E-state index contributed by atoms with van der Waals surface area (Å²) in [5.41, 5.74) is -0.125. The van der Waals surface area contributed by atoms with Crippen LogP contribution < -0.4 is 9.47 Å². The van der Waals surface area contributed by atoms with Crippen molar-refractivity contribution in [2.45, 2.75) is 19.8 Å². The number of unbranched alkanes of at least 4 members (excludes halogenated alkanes) is 1. The van der Waals surface area contributed by atoms with Crippen LogP contribution in [0.2, 0.25) is 0 Å². The average molecular weight is 403 g/mol. The normalized spacial score (nSPS) is 10.7. The smallest absolute Gasteiger partial charge is 0.310 e. The van der Waals surface area contributed by atoms with Gasteiger partial charge in [0.05, 0.1) is 9.85 Å². The van der Waals surface area contributed by atoms with E-state index in [2.05, 4.69) is 11.8 Å². The van der Waals surface area contributed by atoms with E-state index in [1.165, 1.54) is 12.1 Å². The second-order valence-electron chi connectivity index (χ2n) is 6.34. The van der Waals surface area contributed by atoms with Crippen LogP contribution in [-0.4, -0.2) is 47.6 Å². The zero-order valence-corrected chi connectivity index (χ0v) is 16.4. The van der Waals surface area contributed by atoms with E-state index in [4.69, 9.17) is 9.47 Å². The Bertz CT molecular complexity index is 751. The summed E-state index contributed by atoms with van der Waals surface area (Å²) in [7, 11) is 0. The van der Waals surface area contributed by atoms with Gasteiger partial charge in [0, 0.05) is 25.2 Å². The van der Waals surface area contributed by atoms with Gasteiger partial charge in [-0.2, -0.15) is 0 Å². The first-order valence-corrected chi connectivity index (χ1v) is 9.47. The summed E-state index contributed by atoms with van der Waals surface area (Å²) in [6, 6.07) is 12.5. The largest absolute Gasteiger partial charge is 0.485 e. The molecule has 0 bridgehead atoms. The van der Waals surface area contributed by atoms with Crippen LogP contribution in [-0.2, 0) is 0 Å². The SMILES string of the molecule is CCCCN(CCOc1ccccc1[N+](=O)[O-])CCOc1ccccc1[N+](=O)[O-]. The van der Waals surface area contributed by atoms with Gasteiger partial charge in [-0.25, -0.2) is 0 Å². The van der Waals surface area contributed by atoms with Crippen molar-refractivity contribution < 1.29 is 19.3 Å². The van der Waals surface area contributed by atoms with E-state index in [1.807, 2.05) is 0 Å². The first kappa shape index (κ1) is 22.1. The van der Waals surface area contributed by atoms with Crippen molar-refractivity contribution in [2.24, 2.45) is 0 Å². The molecule has 0 unspecified atom stereocenters. The lowest BCUT2D eigenvalue weighted by molar-refractivity contribution is -0.386. The molecule has 0 radical (unpaired) electrons. The molecular formula is C20H25N3O6. The maximum Gasteiger partial charge on any atom is 0.310 e. The Morgan fingerprint density at radius 3 is 1.66 bits per heavy atom. The van der Waals surface area contributed by atoms with Gasteiger partial charge in [0.2, 0.25) is 0 Å². The van der Waals surface area contributed by atoms with E-state index >= 15 is 0 Å². The van der Waals surface area contributed by atoms with Crippen molar-refractivity contribution in [3.05, 3.63) is 68.8 Å². The van der Waals surface area contributed by atoms with Crippen molar-refractivity contribution in [2.75, 3.05) is 32.8 Å². The molecule has 0 aromatic heterocycles. The lowest BCUT2D eigenvalue weighted by Crippen LogP contribution is -2.33. The molecule has 2 rings (SSSR count). The van der Waals surface area contributed by atoms with Crippen LogP contribution in [0.1, 0.15) is 19.8 Å². The molecule has 0 aliphatic rings. The number of rotatable bonds is 13. The lowest BCUT2D eigenvalue weighted by Gasteiger charge is -2.22. The van der Waals surface area contributed by atoms with Gasteiger partial charge in [-0.3, -0.25) is 25.1 Å². The molecule has 0 fully saturated rings. The molecule has 0 spiro atoms. The van der Waals surface area contributed by atoms with E-state index in [9.17, 15) is 20.2 Å². The number of nitro benzene ring substituents is 2.